The molecule has 4 nitrogen and oxygen atoms in total. The maximum atomic E-state index is 4.72. The predicted octanol–water partition coefficient (Wildman–Crippen LogP) is 3.89. The maximum Gasteiger partial charge on any atom is 0.153 e. The van der Waals surface area contributed by atoms with Crippen LogP contribution in [0.2, 0.25) is 0 Å². The van der Waals surface area contributed by atoms with Crippen molar-refractivity contribution < 1.29 is 0 Å². The van der Waals surface area contributed by atoms with Gasteiger partial charge in [0.25, 0.3) is 0 Å². The van der Waals surface area contributed by atoms with Gasteiger partial charge in [-0.2, -0.15) is 5.10 Å². The van der Waals surface area contributed by atoms with E-state index in [1.54, 1.807) is 0 Å². The molecule has 2 heterocycles. The first kappa shape index (κ1) is 16.8. The van der Waals surface area contributed by atoms with Crippen LogP contribution in [0.5, 0.6) is 0 Å². The van der Waals surface area contributed by atoms with Crippen molar-refractivity contribution in [3.05, 3.63) is 47.5 Å². The van der Waals surface area contributed by atoms with Crippen molar-refractivity contribution in [1.82, 2.24) is 20.1 Å². The van der Waals surface area contributed by atoms with E-state index < -0.39 is 0 Å². The highest BCUT2D eigenvalue weighted by Crippen LogP contribution is 2.52. The third-order valence-corrected chi connectivity index (χ3v) is 6.30. The van der Waals surface area contributed by atoms with Crippen molar-refractivity contribution in [3.63, 3.8) is 0 Å². The zero-order chi connectivity index (χ0) is 17.6. The molecule has 0 radical (unpaired) electrons. The van der Waals surface area contributed by atoms with Crippen LogP contribution in [0.25, 0.3) is 0 Å². The van der Waals surface area contributed by atoms with Crippen LogP contribution in [-0.4, -0.2) is 26.8 Å². The number of aromatic nitrogens is 3. The summed E-state index contributed by atoms with van der Waals surface area (Å²) >= 11 is 0. The third-order valence-electron chi connectivity index (χ3n) is 6.30. The SMILES string of the molecule is CC(C)c1nc2n(n1)C[C@H](N[C@H]1C[C@@H](c3ccccc3)C1(C)C)CC2. The summed E-state index contributed by atoms with van der Waals surface area (Å²) in [5.41, 5.74) is 1.78. The van der Waals surface area contributed by atoms with E-state index in [0.29, 0.717) is 29.3 Å². The quantitative estimate of drug-likeness (QED) is 0.920. The zero-order valence-corrected chi connectivity index (χ0v) is 15.9. The number of fused-ring (bicyclic) bond motifs is 1. The fraction of sp³-hybridized carbons (Fsp3) is 0.619. The van der Waals surface area contributed by atoms with Gasteiger partial charge in [-0.1, -0.05) is 58.0 Å². The Bertz CT molecular complexity index is 732. The van der Waals surface area contributed by atoms with Crippen LogP contribution < -0.4 is 5.32 Å². The molecule has 1 N–H and O–H groups in total. The minimum absolute atomic E-state index is 0.299. The fourth-order valence-electron chi connectivity index (χ4n) is 4.45. The molecule has 0 bridgehead atoms. The lowest BCUT2D eigenvalue weighted by atomic mass is 9.56. The number of hydrogen-bond acceptors (Lipinski definition) is 3. The van der Waals surface area contributed by atoms with Crippen LogP contribution in [0, 0.1) is 5.41 Å². The highest BCUT2D eigenvalue weighted by atomic mass is 15.4. The van der Waals surface area contributed by atoms with Gasteiger partial charge in [0.1, 0.15) is 5.82 Å². The molecule has 25 heavy (non-hydrogen) atoms. The van der Waals surface area contributed by atoms with E-state index in [4.69, 9.17) is 10.1 Å². The van der Waals surface area contributed by atoms with Gasteiger partial charge in [0.15, 0.2) is 5.82 Å². The Balaban J connectivity index is 1.40. The molecule has 2 aromatic rings. The Morgan fingerprint density at radius 3 is 2.64 bits per heavy atom. The second-order valence-electron chi connectivity index (χ2n) is 8.70. The molecule has 1 aliphatic heterocycles. The van der Waals surface area contributed by atoms with Crippen molar-refractivity contribution >= 4 is 0 Å². The molecule has 1 aliphatic carbocycles. The van der Waals surface area contributed by atoms with E-state index in [-0.39, 0.29) is 0 Å². The summed E-state index contributed by atoms with van der Waals surface area (Å²) in [6, 6.07) is 12.1. The molecule has 1 saturated carbocycles. The minimum atomic E-state index is 0.299. The van der Waals surface area contributed by atoms with Gasteiger partial charge in [-0.25, -0.2) is 9.67 Å². The molecular formula is C21H30N4. The van der Waals surface area contributed by atoms with E-state index in [1.165, 1.54) is 18.4 Å². The number of hydrogen-bond donors (Lipinski definition) is 1. The normalized spacial score (nSPS) is 27.8. The van der Waals surface area contributed by atoms with Crippen LogP contribution in [0.4, 0.5) is 0 Å². The van der Waals surface area contributed by atoms with Gasteiger partial charge in [-0.3, -0.25) is 0 Å². The molecule has 3 atom stereocenters. The summed E-state index contributed by atoms with van der Waals surface area (Å²) in [5.74, 6) is 3.21. The van der Waals surface area contributed by atoms with Crippen LogP contribution in [0.1, 0.15) is 69.6 Å². The summed E-state index contributed by atoms with van der Waals surface area (Å²) in [7, 11) is 0. The van der Waals surface area contributed by atoms with Gasteiger partial charge in [0, 0.05) is 24.4 Å². The first-order valence-corrected chi connectivity index (χ1v) is 9.69. The van der Waals surface area contributed by atoms with E-state index in [2.05, 4.69) is 68.0 Å². The summed E-state index contributed by atoms with van der Waals surface area (Å²) in [6.07, 6.45) is 3.43. The average molecular weight is 338 g/mol. The fourth-order valence-corrected chi connectivity index (χ4v) is 4.45. The summed E-state index contributed by atoms with van der Waals surface area (Å²) in [6.45, 7) is 10.1. The molecule has 4 rings (SSSR count). The smallest absolute Gasteiger partial charge is 0.153 e. The molecule has 2 aliphatic rings. The maximum absolute atomic E-state index is 4.72. The third kappa shape index (κ3) is 3.01. The molecule has 134 valence electrons. The number of benzene rings is 1. The Hall–Kier alpha value is -1.68. The standard InChI is InChI=1S/C21H30N4/c1-14(2)20-23-19-11-10-16(13-25(19)24-20)22-18-12-17(21(18,3)4)15-8-6-5-7-9-15/h5-9,14,16-18,22H,10-13H2,1-4H3/t16-,17+,18+/m1/s1. The van der Waals surface area contributed by atoms with Gasteiger partial charge in [-0.15, -0.1) is 0 Å². The lowest BCUT2D eigenvalue weighted by molar-refractivity contribution is 0.0548. The largest absolute Gasteiger partial charge is 0.309 e. The molecule has 0 unspecified atom stereocenters. The predicted molar refractivity (Wildman–Crippen MR) is 101 cm³/mol. The van der Waals surface area contributed by atoms with Crippen LogP contribution in [-0.2, 0) is 13.0 Å². The zero-order valence-electron chi connectivity index (χ0n) is 15.9. The van der Waals surface area contributed by atoms with Crippen molar-refractivity contribution in [2.24, 2.45) is 5.41 Å². The van der Waals surface area contributed by atoms with Gasteiger partial charge in [0.2, 0.25) is 0 Å². The van der Waals surface area contributed by atoms with Crippen molar-refractivity contribution in [2.45, 2.75) is 77.4 Å². The summed E-state index contributed by atoms with van der Waals surface area (Å²) in [5, 5.41) is 8.65. The molecule has 1 aromatic heterocycles. The Kier molecular flexibility index (Phi) is 4.19. The lowest BCUT2D eigenvalue weighted by Gasteiger charge is -2.54. The summed E-state index contributed by atoms with van der Waals surface area (Å²) in [4.78, 5) is 4.70. The van der Waals surface area contributed by atoms with Crippen molar-refractivity contribution in [1.29, 1.82) is 0 Å². The molecule has 0 saturated heterocycles. The Labute approximate surface area is 151 Å². The van der Waals surface area contributed by atoms with E-state index in [1.807, 2.05) is 0 Å². The first-order chi connectivity index (χ1) is 11.9. The Morgan fingerprint density at radius 2 is 1.96 bits per heavy atom. The minimum Gasteiger partial charge on any atom is -0.309 e. The topological polar surface area (TPSA) is 42.7 Å². The van der Waals surface area contributed by atoms with Crippen molar-refractivity contribution in [3.8, 4) is 0 Å². The molecular weight excluding hydrogens is 308 g/mol. The number of rotatable bonds is 4. The molecule has 1 fully saturated rings. The summed E-state index contributed by atoms with van der Waals surface area (Å²) < 4.78 is 2.14. The highest BCUT2D eigenvalue weighted by molar-refractivity contribution is 5.27. The van der Waals surface area contributed by atoms with Gasteiger partial charge >= 0.3 is 0 Å². The van der Waals surface area contributed by atoms with Gasteiger partial charge in [0.05, 0.1) is 6.54 Å². The Morgan fingerprint density at radius 1 is 1.20 bits per heavy atom. The molecule has 1 aromatic carbocycles. The highest BCUT2D eigenvalue weighted by Gasteiger charge is 2.49. The number of nitrogens with one attached hydrogen (secondary N) is 1. The molecule has 4 heteroatoms. The average Bonchev–Trinajstić information content (AvgIpc) is 3.02. The first-order valence-electron chi connectivity index (χ1n) is 9.69. The van der Waals surface area contributed by atoms with E-state index >= 15 is 0 Å². The number of aryl methyl sites for hydroxylation is 1. The molecule has 0 spiro atoms. The second kappa shape index (κ2) is 6.24. The van der Waals surface area contributed by atoms with Crippen molar-refractivity contribution in [2.75, 3.05) is 0 Å². The van der Waals surface area contributed by atoms with Gasteiger partial charge in [-0.05, 0) is 29.7 Å². The second-order valence-corrected chi connectivity index (χ2v) is 8.70. The van der Waals surface area contributed by atoms with Crippen LogP contribution in [0.15, 0.2) is 30.3 Å². The van der Waals surface area contributed by atoms with E-state index in [9.17, 15) is 0 Å². The monoisotopic (exact) mass is 338 g/mol. The van der Waals surface area contributed by atoms with Crippen LogP contribution >= 0.6 is 0 Å². The van der Waals surface area contributed by atoms with Gasteiger partial charge < -0.3 is 5.32 Å². The lowest BCUT2D eigenvalue weighted by Crippen LogP contribution is -2.59. The number of nitrogens with zero attached hydrogens (tertiary/aromatic N) is 3. The molecule has 0 amide bonds. The van der Waals surface area contributed by atoms with Crippen LogP contribution in [0.3, 0.4) is 0 Å². The van der Waals surface area contributed by atoms with E-state index in [0.717, 1.165) is 24.6 Å².